The predicted molar refractivity (Wildman–Crippen MR) is 52.4 cm³/mol. The summed E-state index contributed by atoms with van der Waals surface area (Å²) in [4.78, 5) is 1.19. The molecule has 0 nitrogen and oxygen atoms in total. The lowest BCUT2D eigenvalue weighted by molar-refractivity contribution is 0.614. The van der Waals surface area contributed by atoms with Crippen molar-refractivity contribution in [3.05, 3.63) is 58.0 Å². The molecule has 0 saturated carbocycles. The molecule has 1 aromatic carbocycles. The molecule has 65 valence electrons. The van der Waals surface area contributed by atoms with Gasteiger partial charge in [-0.1, -0.05) is 18.2 Å². The van der Waals surface area contributed by atoms with Gasteiger partial charge in [0.05, 0.1) is 0 Å². The first-order valence-electron chi connectivity index (χ1n) is 4.03. The minimum absolute atomic E-state index is 0.170. The van der Waals surface area contributed by atoms with Crippen molar-refractivity contribution < 1.29 is 4.39 Å². The number of hydrogen-bond donors (Lipinski definition) is 0. The normalized spacial score (nSPS) is 10.2. The van der Waals surface area contributed by atoms with Crippen LogP contribution in [0.5, 0.6) is 0 Å². The van der Waals surface area contributed by atoms with E-state index in [-0.39, 0.29) is 5.82 Å². The van der Waals surface area contributed by atoms with Crippen LogP contribution in [0.1, 0.15) is 10.4 Å². The van der Waals surface area contributed by atoms with E-state index in [0.717, 1.165) is 5.56 Å². The van der Waals surface area contributed by atoms with Crippen LogP contribution in [-0.2, 0) is 6.42 Å². The zero-order chi connectivity index (χ0) is 9.10. The molecule has 1 aromatic heterocycles. The van der Waals surface area contributed by atoms with E-state index in [1.807, 2.05) is 17.5 Å². The molecule has 0 aliphatic heterocycles. The topological polar surface area (TPSA) is 0 Å². The summed E-state index contributed by atoms with van der Waals surface area (Å²) in [5, 5.41) is 2.00. The molecule has 0 saturated heterocycles. The standard InChI is InChI=1S/C11H8FS/c12-11-6-2-1-4-9(11)8-10-5-3-7-13-10/h1,3-7H,8H2. The molecule has 13 heavy (non-hydrogen) atoms. The van der Waals surface area contributed by atoms with Crippen LogP contribution in [0.2, 0.25) is 0 Å². The fourth-order valence-electron chi connectivity index (χ4n) is 1.19. The number of benzene rings is 1. The van der Waals surface area contributed by atoms with Gasteiger partial charge in [0, 0.05) is 11.3 Å². The number of hydrogen-bond acceptors (Lipinski definition) is 1. The molecule has 0 aliphatic rings. The summed E-state index contributed by atoms with van der Waals surface area (Å²) in [6.07, 6.45) is 0.679. The molecule has 1 heterocycles. The third-order valence-electron chi connectivity index (χ3n) is 1.84. The summed E-state index contributed by atoms with van der Waals surface area (Å²) in [6, 6.07) is 11.6. The summed E-state index contributed by atoms with van der Waals surface area (Å²) in [7, 11) is 0. The lowest BCUT2D eigenvalue weighted by atomic mass is 10.1. The Morgan fingerprint density at radius 3 is 3.00 bits per heavy atom. The van der Waals surface area contributed by atoms with E-state index in [4.69, 9.17) is 0 Å². The van der Waals surface area contributed by atoms with Gasteiger partial charge in [-0.05, 0) is 29.1 Å². The molecule has 2 heteroatoms. The highest BCUT2D eigenvalue weighted by Gasteiger charge is 2.01. The van der Waals surface area contributed by atoms with Gasteiger partial charge in [0.25, 0.3) is 0 Å². The van der Waals surface area contributed by atoms with Crippen molar-refractivity contribution in [2.24, 2.45) is 0 Å². The Morgan fingerprint density at radius 2 is 2.31 bits per heavy atom. The van der Waals surface area contributed by atoms with Crippen molar-refractivity contribution in [3.63, 3.8) is 0 Å². The highest BCUT2D eigenvalue weighted by atomic mass is 32.1. The van der Waals surface area contributed by atoms with Crippen LogP contribution in [0.15, 0.2) is 35.7 Å². The maximum absolute atomic E-state index is 13.2. The molecular formula is C11H8FS. The molecular weight excluding hydrogens is 183 g/mol. The summed E-state index contributed by atoms with van der Waals surface area (Å²) >= 11 is 1.65. The molecule has 2 aromatic rings. The van der Waals surface area contributed by atoms with Crippen molar-refractivity contribution in [2.45, 2.75) is 6.42 Å². The van der Waals surface area contributed by atoms with Gasteiger partial charge in [0.2, 0.25) is 0 Å². The van der Waals surface area contributed by atoms with Crippen LogP contribution in [0.3, 0.4) is 0 Å². The van der Waals surface area contributed by atoms with E-state index in [0.29, 0.717) is 6.42 Å². The second-order valence-corrected chi connectivity index (χ2v) is 3.81. The van der Waals surface area contributed by atoms with Gasteiger partial charge in [-0.15, -0.1) is 11.3 Å². The highest BCUT2D eigenvalue weighted by Crippen LogP contribution is 2.16. The number of rotatable bonds is 2. The second kappa shape index (κ2) is 3.71. The first-order valence-corrected chi connectivity index (χ1v) is 4.91. The average Bonchev–Trinajstić information content (AvgIpc) is 2.61. The molecule has 0 unspecified atom stereocenters. The third kappa shape index (κ3) is 1.95. The van der Waals surface area contributed by atoms with Gasteiger partial charge in [0.1, 0.15) is 5.82 Å². The van der Waals surface area contributed by atoms with Crippen LogP contribution in [0.25, 0.3) is 0 Å². The molecule has 0 atom stereocenters. The van der Waals surface area contributed by atoms with Crippen LogP contribution < -0.4 is 0 Å². The minimum atomic E-state index is -0.170. The van der Waals surface area contributed by atoms with Gasteiger partial charge >= 0.3 is 0 Å². The third-order valence-corrected chi connectivity index (χ3v) is 2.72. The lowest BCUT2D eigenvalue weighted by Crippen LogP contribution is -1.88. The van der Waals surface area contributed by atoms with Crippen LogP contribution in [0.4, 0.5) is 4.39 Å². The number of thiophene rings is 1. The molecule has 0 bridgehead atoms. The average molecular weight is 191 g/mol. The van der Waals surface area contributed by atoms with Crippen molar-refractivity contribution >= 4 is 11.3 Å². The molecule has 0 aliphatic carbocycles. The summed E-state index contributed by atoms with van der Waals surface area (Å²) in [5.74, 6) is -0.170. The summed E-state index contributed by atoms with van der Waals surface area (Å²) in [5.41, 5.74) is 0.737. The fraction of sp³-hybridized carbons (Fsp3) is 0.0909. The van der Waals surface area contributed by atoms with E-state index >= 15 is 0 Å². The first kappa shape index (κ1) is 8.45. The molecule has 2 rings (SSSR count). The van der Waals surface area contributed by atoms with E-state index in [1.54, 1.807) is 23.5 Å². The van der Waals surface area contributed by atoms with E-state index in [9.17, 15) is 4.39 Å². The van der Waals surface area contributed by atoms with Gasteiger partial charge in [0.15, 0.2) is 0 Å². The molecule has 0 fully saturated rings. The van der Waals surface area contributed by atoms with Crippen molar-refractivity contribution in [3.8, 4) is 0 Å². The van der Waals surface area contributed by atoms with E-state index in [2.05, 4.69) is 6.07 Å². The largest absolute Gasteiger partial charge is 0.207 e. The predicted octanol–water partition coefficient (Wildman–Crippen LogP) is 3.28. The molecule has 0 N–H and O–H groups in total. The Kier molecular flexibility index (Phi) is 2.41. The maximum Gasteiger partial charge on any atom is 0.127 e. The molecule has 0 amide bonds. The van der Waals surface area contributed by atoms with Crippen molar-refractivity contribution in [1.82, 2.24) is 0 Å². The zero-order valence-electron chi connectivity index (χ0n) is 6.96. The monoisotopic (exact) mass is 191 g/mol. The Hall–Kier alpha value is -1.15. The van der Waals surface area contributed by atoms with Crippen LogP contribution >= 0.6 is 11.3 Å². The fourth-order valence-corrected chi connectivity index (χ4v) is 1.91. The highest BCUT2D eigenvalue weighted by molar-refractivity contribution is 7.09. The van der Waals surface area contributed by atoms with E-state index in [1.165, 1.54) is 10.9 Å². The first-order chi connectivity index (χ1) is 6.36. The summed E-state index contributed by atoms with van der Waals surface area (Å²) < 4.78 is 13.2. The molecule has 1 radical (unpaired) electrons. The Balaban J connectivity index is 2.24. The van der Waals surface area contributed by atoms with Gasteiger partial charge < -0.3 is 0 Å². The second-order valence-electron chi connectivity index (χ2n) is 2.77. The van der Waals surface area contributed by atoms with Crippen LogP contribution in [-0.4, -0.2) is 0 Å². The molecule has 0 spiro atoms. The van der Waals surface area contributed by atoms with Gasteiger partial charge in [-0.2, -0.15) is 0 Å². The number of halogens is 1. The Labute approximate surface area is 80.7 Å². The summed E-state index contributed by atoms with van der Waals surface area (Å²) in [6.45, 7) is 0. The quantitative estimate of drug-likeness (QED) is 0.683. The SMILES string of the molecule is Fc1c[c]ccc1Cc1cccs1. The van der Waals surface area contributed by atoms with Gasteiger partial charge in [-0.25, -0.2) is 4.39 Å². The smallest absolute Gasteiger partial charge is 0.127 e. The maximum atomic E-state index is 13.2. The minimum Gasteiger partial charge on any atom is -0.207 e. The van der Waals surface area contributed by atoms with Crippen LogP contribution in [0, 0.1) is 11.9 Å². The van der Waals surface area contributed by atoms with Crippen molar-refractivity contribution in [1.29, 1.82) is 0 Å². The van der Waals surface area contributed by atoms with Gasteiger partial charge in [-0.3, -0.25) is 0 Å². The zero-order valence-corrected chi connectivity index (χ0v) is 7.77. The van der Waals surface area contributed by atoms with E-state index < -0.39 is 0 Å². The Morgan fingerprint density at radius 1 is 1.38 bits per heavy atom. The van der Waals surface area contributed by atoms with Crippen molar-refractivity contribution in [2.75, 3.05) is 0 Å². The lowest BCUT2D eigenvalue weighted by Gasteiger charge is -1.99. The Bertz CT molecular complexity index is 379.